The van der Waals surface area contributed by atoms with Crippen LogP contribution in [0.25, 0.3) is 18.3 Å². The first-order valence-corrected chi connectivity index (χ1v) is 13.0. The molecule has 0 amide bonds. The van der Waals surface area contributed by atoms with E-state index in [0.717, 1.165) is 39.7 Å². The van der Waals surface area contributed by atoms with E-state index in [2.05, 4.69) is 83.3 Å². The van der Waals surface area contributed by atoms with E-state index in [4.69, 9.17) is 4.74 Å². The van der Waals surface area contributed by atoms with Crippen LogP contribution in [-0.4, -0.2) is 17.7 Å². The van der Waals surface area contributed by atoms with Crippen molar-refractivity contribution in [2.75, 3.05) is 12.5 Å². The number of nitrogens with one attached hydrogen (secondary N) is 2. The molecule has 0 aliphatic carbocycles. The van der Waals surface area contributed by atoms with Crippen LogP contribution < -0.4 is 26.0 Å². The molecule has 0 aliphatic rings. The van der Waals surface area contributed by atoms with E-state index < -0.39 is 0 Å². The molecule has 5 heteroatoms. The molecule has 0 fully saturated rings. The number of aromatic nitrogens is 1. The zero-order valence-corrected chi connectivity index (χ0v) is 23.6. The molecule has 2 N–H and O–H groups in total. The van der Waals surface area contributed by atoms with Crippen LogP contribution in [0.5, 0.6) is 5.75 Å². The van der Waals surface area contributed by atoms with Gasteiger partial charge in [-0.3, -0.25) is 0 Å². The molecule has 3 rings (SSSR count). The molecule has 0 saturated carbocycles. The molecule has 0 spiro atoms. The van der Waals surface area contributed by atoms with Crippen molar-refractivity contribution in [2.24, 2.45) is 5.92 Å². The number of halogens is 1. The van der Waals surface area contributed by atoms with Crippen LogP contribution in [0.4, 0.5) is 10.1 Å². The standard InChI is InChI=1S/C32H42FN3O/c1-10-26-19-25(33)20-36(26)30-13-11-12-22(4)28(30)16-15-27(21(2)3)23(5)34-35-29-18-24(32(6,7)8)14-17-31(29)37-9/h11-21,23,34-35H,4,10H2,1-3,5-9H3/b27-15+,28-16+. The number of hydrogen-bond acceptors (Lipinski definition) is 3. The highest BCUT2D eigenvalue weighted by Gasteiger charge is 2.17. The maximum atomic E-state index is 14.1. The van der Waals surface area contributed by atoms with Crippen molar-refractivity contribution in [1.29, 1.82) is 0 Å². The molecule has 1 aromatic heterocycles. The van der Waals surface area contributed by atoms with Gasteiger partial charge in [-0.2, -0.15) is 0 Å². The van der Waals surface area contributed by atoms with E-state index in [1.165, 1.54) is 11.1 Å². The summed E-state index contributed by atoms with van der Waals surface area (Å²) in [5.74, 6) is 0.861. The van der Waals surface area contributed by atoms with Crippen LogP contribution >= 0.6 is 0 Å². The maximum Gasteiger partial charge on any atom is 0.143 e. The van der Waals surface area contributed by atoms with Crippen LogP contribution in [0.3, 0.4) is 0 Å². The molecule has 37 heavy (non-hydrogen) atoms. The van der Waals surface area contributed by atoms with Gasteiger partial charge < -0.3 is 14.7 Å². The smallest absolute Gasteiger partial charge is 0.143 e. The molecule has 4 nitrogen and oxygen atoms in total. The number of rotatable bonds is 9. The second kappa shape index (κ2) is 11.8. The Kier molecular flexibility index (Phi) is 9.03. The number of methoxy groups -OCH3 is 1. The van der Waals surface area contributed by atoms with E-state index in [0.29, 0.717) is 5.92 Å². The second-order valence-electron chi connectivity index (χ2n) is 10.9. The third-order valence-corrected chi connectivity index (χ3v) is 6.76. The predicted molar refractivity (Wildman–Crippen MR) is 155 cm³/mol. The van der Waals surface area contributed by atoms with Gasteiger partial charge in [-0.05, 0) is 65.3 Å². The van der Waals surface area contributed by atoms with E-state index in [9.17, 15) is 4.39 Å². The minimum Gasteiger partial charge on any atom is -0.495 e. The Labute approximate surface area is 221 Å². The van der Waals surface area contributed by atoms with Gasteiger partial charge in [-0.1, -0.05) is 78.5 Å². The number of aryl methyl sites for hydroxylation is 1. The predicted octanol–water partition coefficient (Wildman–Crippen LogP) is 6.26. The van der Waals surface area contributed by atoms with Crippen molar-refractivity contribution in [1.82, 2.24) is 9.99 Å². The van der Waals surface area contributed by atoms with E-state index in [-0.39, 0.29) is 17.3 Å². The van der Waals surface area contributed by atoms with Crippen molar-refractivity contribution in [3.05, 3.63) is 87.8 Å². The maximum absolute atomic E-state index is 14.1. The Hall–Kier alpha value is -3.31. The van der Waals surface area contributed by atoms with E-state index in [1.807, 2.05) is 35.8 Å². The topological polar surface area (TPSA) is 38.2 Å². The van der Waals surface area contributed by atoms with Crippen molar-refractivity contribution >= 4 is 18.3 Å². The molecule has 3 aromatic rings. The summed E-state index contributed by atoms with van der Waals surface area (Å²) in [6.07, 6.45) is 6.55. The molecule has 0 radical (unpaired) electrons. The summed E-state index contributed by atoms with van der Waals surface area (Å²) in [4.78, 5) is 0. The van der Waals surface area contributed by atoms with Gasteiger partial charge in [0.25, 0.3) is 0 Å². The van der Waals surface area contributed by atoms with Crippen LogP contribution in [0.2, 0.25) is 0 Å². The lowest BCUT2D eigenvalue weighted by molar-refractivity contribution is 0.415. The molecule has 1 heterocycles. The number of ether oxygens (including phenoxy) is 1. The van der Waals surface area contributed by atoms with Crippen molar-refractivity contribution in [3.8, 4) is 11.4 Å². The molecule has 1 atom stereocenters. The summed E-state index contributed by atoms with van der Waals surface area (Å²) >= 11 is 0. The van der Waals surface area contributed by atoms with Crippen LogP contribution in [0, 0.1) is 11.7 Å². The zero-order chi connectivity index (χ0) is 27.3. The molecular formula is C32H42FN3O. The molecular weight excluding hydrogens is 461 g/mol. The van der Waals surface area contributed by atoms with Gasteiger partial charge in [0.15, 0.2) is 0 Å². The minimum atomic E-state index is -0.231. The number of allylic oxidation sites excluding steroid dienone is 1. The monoisotopic (exact) mass is 503 g/mol. The lowest BCUT2D eigenvalue weighted by Gasteiger charge is -2.24. The first-order chi connectivity index (χ1) is 17.5. The molecule has 2 aromatic carbocycles. The van der Waals surface area contributed by atoms with Gasteiger partial charge in [-0.15, -0.1) is 0 Å². The minimum absolute atomic E-state index is 0.0336. The molecule has 0 aliphatic heterocycles. The first kappa shape index (κ1) is 28.3. The number of anilines is 1. The fourth-order valence-corrected chi connectivity index (χ4v) is 4.53. The van der Waals surface area contributed by atoms with Gasteiger partial charge in [0, 0.05) is 23.2 Å². The molecule has 0 bridgehead atoms. The van der Waals surface area contributed by atoms with Gasteiger partial charge in [0.05, 0.1) is 18.5 Å². The highest BCUT2D eigenvalue weighted by atomic mass is 19.1. The summed E-state index contributed by atoms with van der Waals surface area (Å²) in [6.45, 7) is 19.4. The Morgan fingerprint density at radius 2 is 1.86 bits per heavy atom. The van der Waals surface area contributed by atoms with Crippen molar-refractivity contribution in [2.45, 2.75) is 66.3 Å². The Balaban J connectivity index is 1.96. The lowest BCUT2D eigenvalue weighted by atomic mass is 9.87. The number of nitrogens with zero attached hydrogens (tertiary/aromatic N) is 1. The van der Waals surface area contributed by atoms with Crippen molar-refractivity contribution in [3.63, 3.8) is 0 Å². The normalized spacial score (nSPS) is 13.8. The Morgan fingerprint density at radius 1 is 1.14 bits per heavy atom. The molecule has 0 saturated heterocycles. The summed E-state index contributed by atoms with van der Waals surface area (Å²) in [6, 6.07) is 13.8. The van der Waals surface area contributed by atoms with Crippen LogP contribution in [0.1, 0.15) is 59.7 Å². The van der Waals surface area contributed by atoms with Crippen LogP contribution in [0.15, 0.2) is 60.3 Å². The highest BCUT2D eigenvalue weighted by Crippen LogP contribution is 2.31. The average Bonchev–Trinajstić information content (AvgIpc) is 3.23. The van der Waals surface area contributed by atoms with Crippen LogP contribution in [-0.2, 0) is 11.8 Å². The van der Waals surface area contributed by atoms with Gasteiger partial charge in [0.2, 0.25) is 0 Å². The SMILES string of the molecule is C=c1cccc(-n2cc(F)cc2CC)/c1=C/C=C(\C(C)C)C(C)NNc1cc(C(C)(C)C)ccc1OC. The lowest BCUT2D eigenvalue weighted by Crippen LogP contribution is -2.35. The van der Waals surface area contributed by atoms with Crippen molar-refractivity contribution < 1.29 is 9.13 Å². The largest absolute Gasteiger partial charge is 0.495 e. The molecule has 198 valence electrons. The van der Waals surface area contributed by atoms with Gasteiger partial charge in [-0.25, -0.2) is 9.82 Å². The zero-order valence-electron chi connectivity index (χ0n) is 23.6. The summed E-state index contributed by atoms with van der Waals surface area (Å²) < 4.78 is 21.6. The number of hydrazine groups is 1. The van der Waals surface area contributed by atoms with Gasteiger partial charge in [0.1, 0.15) is 11.6 Å². The molecule has 1 unspecified atom stereocenters. The summed E-state index contributed by atoms with van der Waals surface area (Å²) in [5.41, 5.74) is 12.1. The summed E-state index contributed by atoms with van der Waals surface area (Å²) in [7, 11) is 1.68. The first-order valence-electron chi connectivity index (χ1n) is 13.0. The quantitative estimate of drug-likeness (QED) is 0.338. The Bertz CT molecular complexity index is 1360. The Morgan fingerprint density at radius 3 is 2.49 bits per heavy atom. The van der Waals surface area contributed by atoms with E-state index >= 15 is 0 Å². The number of benzene rings is 2. The van der Waals surface area contributed by atoms with E-state index in [1.54, 1.807) is 19.4 Å². The fraction of sp³-hybridized carbons (Fsp3) is 0.375. The third kappa shape index (κ3) is 6.72. The fourth-order valence-electron chi connectivity index (χ4n) is 4.53. The second-order valence-corrected chi connectivity index (χ2v) is 10.9. The summed E-state index contributed by atoms with van der Waals surface area (Å²) in [5, 5.41) is 1.88. The average molecular weight is 504 g/mol. The van der Waals surface area contributed by atoms with Gasteiger partial charge >= 0.3 is 0 Å². The highest BCUT2D eigenvalue weighted by molar-refractivity contribution is 5.58. The third-order valence-electron chi connectivity index (χ3n) is 6.76. The number of hydrogen-bond donors (Lipinski definition) is 2.